The SMILES string of the molecule is C1=CC2C=CC3C4C=CC(N(C5=CCCCC5)C5CCCC6c7ccccc7SC65)CC4C4(C5=C(CCC=C5)SC5C=CC=CC54)C3C2C=C1. The highest BCUT2D eigenvalue weighted by molar-refractivity contribution is 8.03. The minimum absolute atomic E-state index is 0.144. The molecule has 13 atom stereocenters. The number of nitrogens with zero attached hydrogens (tertiary/aromatic N) is 1. The zero-order valence-corrected chi connectivity index (χ0v) is 30.9. The lowest BCUT2D eigenvalue weighted by Gasteiger charge is -2.58. The van der Waals surface area contributed by atoms with E-state index in [4.69, 9.17) is 0 Å². The van der Waals surface area contributed by atoms with E-state index in [2.05, 4.69) is 144 Å². The van der Waals surface area contributed by atoms with Gasteiger partial charge in [0, 0.05) is 50.4 Å². The molecule has 2 heterocycles. The largest absolute Gasteiger partial charge is 0.365 e. The summed E-state index contributed by atoms with van der Waals surface area (Å²) in [5.41, 5.74) is 5.23. The number of hydrogen-bond donors (Lipinski definition) is 0. The van der Waals surface area contributed by atoms with Gasteiger partial charge in [0.25, 0.3) is 0 Å². The van der Waals surface area contributed by atoms with Gasteiger partial charge in [-0.05, 0) is 115 Å². The Morgan fingerprint density at radius 3 is 2.60 bits per heavy atom. The van der Waals surface area contributed by atoms with E-state index in [0.29, 0.717) is 69.9 Å². The maximum Gasteiger partial charge on any atom is 0.0476 e. The molecule has 8 aliphatic carbocycles. The van der Waals surface area contributed by atoms with E-state index in [0.717, 1.165) is 0 Å². The van der Waals surface area contributed by atoms with Gasteiger partial charge in [-0.2, -0.15) is 0 Å². The van der Waals surface area contributed by atoms with Crippen molar-refractivity contribution in [1.82, 2.24) is 4.90 Å². The third-order valence-electron chi connectivity index (χ3n) is 14.9. The molecule has 0 radical (unpaired) electrons. The highest BCUT2D eigenvalue weighted by atomic mass is 32.2. The first-order chi connectivity index (χ1) is 24.8. The first-order valence-corrected chi connectivity index (χ1v) is 21.9. The second kappa shape index (κ2) is 12.2. The van der Waals surface area contributed by atoms with Gasteiger partial charge in [0.05, 0.1) is 0 Å². The molecular weight excluding hydrogens is 643 g/mol. The summed E-state index contributed by atoms with van der Waals surface area (Å²) < 4.78 is 0. The highest BCUT2D eigenvalue weighted by Crippen LogP contribution is 2.74. The predicted molar refractivity (Wildman–Crippen MR) is 212 cm³/mol. The van der Waals surface area contributed by atoms with Crippen molar-refractivity contribution < 1.29 is 0 Å². The van der Waals surface area contributed by atoms with Crippen molar-refractivity contribution in [3.05, 3.63) is 137 Å². The average Bonchev–Trinajstić information content (AvgIpc) is 3.70. The Bertz CT molecular complexity index is 1830. The zero-order chi connectivity index (χ0) is 32.8. The fourth-order valence-corrected chi connectivity index (χ4v) is 16.5. The van der Waals surface area contributed by atoms with Gasteiger partial charge in [-0.15, -0.1) is 23.5 Å². The molecule has 2 aliphatic heterocycles. The fraction of sp³-hybridized carbons (Fsp3) is 0.489. The second-order valence-electron chi connectivity index (χ2n) is 16.9. The maximum absolute atomic E-state index is 3.09. The van der Waals surface area contributed by atoms with Crippen molar-refractivity contribution in [3.8, 4) is 0 Å². The summed E-state index contributed by atoms with van der Waals surface area (Å²) in [6, 6.07) is 10.5. The van der Waals surface area contributed by atoms with Gasteiger partial charge in [-0.25, -0.2) is 0 Å². The summed E-state index contributed by atoms with van der Waals surface area (Å²) in [5.74, 6) is 4.80. The minimum Gasteiger partial charge on any atom is -0.365 e. The maximum atomic E-state index is 3.09. The van der Waals surface area contributed by atoms with E-state index in [9.17, 15) is 0 Å². The van der Waals surface area contributed by atoms with E-state index in [1.54, 1.807) is 26.6 Å². The van der Waals surface area contributed by atoms with Gasteiger partial charge in [0.1, 0.15) is 0 Å². The van der Waals surface area contributed by atoms with Gasteiger partial charge in [0.15, 0.2) is 0 Å². The molecule has 50 heavy (non-hydrogen) atoms. The van der Waals surface area contributed by atoms with E-state index in [-0.39, 0.29) is 5.41 Å². The third kappa shape index (κ3) is 4.47. The smallest absolute Gasteiger partial charge is 0.0476 e. The van der Waals surface area contributed by atoms with E-state index < -0.39 is 0 Å². The molecule has 10 aliphatic rings. The van der Waals surface area contributed by atoms with Crippen molar-refractivity contribution in [2.24, 2.45) is 46.8 Å². The van der Waals surface area contributed by atoms with Gasteiger partial charge in [-0.1, -0.05) is 116 Å². The molecule has 13 unspecified atom stereocenters. The topological polar surface area (TPSA) is 3.24 Å². The van der Waals surface area contributed by atoms with E-state index in [1.807, 2.05) is 0 Å². The first-order valence-electron chi connectivity index (χ1n) is 20.2. The summed E-state index contributed by atoms with van der Waals surface area (Å²) in [4.78, 5) is 6.38. The molecule has 0 saturated heterocycles. The molecule has 0 N–H and O–H groups in total. The van der Waals surface area contributed by atoms with Gasteiger partial charge in [-0.3, -0.25) is 0 Å². The Morgan fingerprint density at radius 1 is 0.740 bits per heavy atom. The second-order valence-corrected chi connectivity index (χ2v) is 19.4. The van der Waals surface area contributed by atoms with Gasteiger partial charge < -0.3 is 4.90 Å². The molecule has 256 valence electrons. The Morgan fingerprint density at radius 2 is 1.64 bits per heavy atom. The van der Waals surface area contributed by atoms with Gasteiger partial charge >= 0.3 is 0 Å². The van der Waals surface area contributed by atoms with Crippen molar-refractivity contribution in [2.75, 3.05) is 0 Å². The number of fused-ring (bicyclic) bond motifs is 13. The Labute approximate surface area is 308 Å². The molecule has 0 bridgehead atoms. The molecule has 3 heteroatoms. The summed E-state index contributed by atoms with van der Waals surface area (Å²) in [6.45, 7) is 0. The Hall–Kier alpha value is -2.62. The predicted octanol–water partition coefficient (Wildman–Crippen LogP) is 11.7. The van der Waals surface area contributed by atoms with Crippen molar-refractivity contribution in [3.63, 3.8) is 0 Å². The van der Waals surface area contributed by atoms with Crippen LogP contribution in [0.5, 0.6) is 0 Å². The summed E-state index contributed by atoms with van der Waals surface area (Å²) in [5, 5.41) is 1.21. The van der Waals surface area contributed by atoms with Crippen LogP contribution in [0, 0.1) is 46.8 Å². The lowest BCUT2D eigenvalue weighted by molar-refractivity contribution is 0.0485. The monoisotopic (exact) mass is 693 g/mol. The minimum atomic E-state index is 0.144. The lowest BCUT2D eigenvalue weighted by atomic mass is 9.50. The van der Waals surface area contributed by atoms with Crippen LogP contribution in [0.15, 0.2) is 136 Å². The van der Waals surface area contributed by atoms with Crippen LogP contribution in [0.4, 0.5) is 0 Å². The molecule has 1 nitrogen and oxygen atoms in total. The molecule has 1 aromatic carbocycles. The molecule has 2 saturated carbocycles. The van der Waals surface area contributed by atoms with Crippen LogP contribution in [0.3, 0.4) is 0 Å². The average molecular weight is 694 g/mol. The third-order valence-corrected chi connectivity index (χ3v) is 17.9. The standard InChI is InChI=1S/C47H51NS2/c1-2-14-31(15-3-1)48(41-21-12-18-37-35-17-6-9-22-42(35)50-46(37)41)32-26-28-34-36-27-25-30-13-4-5-16-33(30)45(36)47(40(34)29-32)38-19-7-10-23-43(38)49-44-24-11-8-20-39(44)47/h4-10,13-14,16-17,19-20,22-23,25-28,30,32-34,36-38,40-41,43,45-46H,1-3,11-12,15,18,21,24,29H2. The summed E-state index contributed by atoms with van der Waals surface area (Å²) >= 11 is 4.46. The van der Waals surface area contributed by atoms with Gasteiger partial charge in [0.2, 0.25) is 0 Å². The van der Waals surface area contributed by atoms with Crippen LogP contribution < -0.4 is 0 Å². The number of hydrogen-bond acceptors (Lipinski definition) is 3. The van der Waals surface area contributed by atoms with Crippen LogP contribution in [0.25, 0.3) is 0 Å². The number of rotatable bonds is 3. The van der Waals surface area contributed by atoms with Crippen molar-refractivity contribution >= 4 is 23.5 Å². The Balaban J connectivity index is 1.06. The van der Waals surface area contributed by atoms with E-state index in [1.165, 1.54) is 64.2 Å². The summed E-state index contributed by atoms with van der Waals surface area (Å²) in [6.07, 6.45) is 51.7. The number of thioether (sulfide) groups is 2. The van der Waals surface area contributed by atoms with Crippen LogP contribution in [-0.2, 0) is 0 Å². The fourth-order valence-electron chi connectivity index (χ4n) is 13.3. The quantitative estimate of drug-likeness (QED) is 0.290. The van der Waals surface area contributed by atoms with E-state index >= 15 is 0 Å². The molecule has 1 spiro atoms. The molecule has 1 aromatic rings. The molecule has 0 amide bonds. The number of allylic oxidation sites excluding steroid dienone is 16. The van der Waals surface area contributed by atoms with Crippen LogP contribution in [0.2, 0.25) is 0 Å². The molecular formula is C47H51NS2. The molecule has 2 fully saturated rings. The van der Waals surface area contributed by atoms with Crippen LogP contribution in [-0.4, -0.2) is 27.5 Å². The van der Waals surface area contributed by atoms with Crippen molar-refractivity contribution in [2.45, 2.75) is 97.6 Å². The first kappa shape index (κ1) is 31.0. The van der Waals surface area contributed by atoms with Crippen LogP contribution in [0.1, 0.15) is 75.7 Å². The highest BCUT2D eigenvalue weighted by Gasteiger charge is 2.68. The number of benzene rings is 1. The summed E-state index contributed by atoms with van der Waals surface area (Å²) in [7, 11) is 0. The van der Waals surface area contributed by atoms with Crippen LogP contribution >= 0.6 is 23.5 Å². The molecule has 0 aromatic heterocycles. The van der Waals surface area contributed by atoms with Crippen molar-refractivity contribution in [1.29, 1.82) is 0 Å². The normalized spacial score (nSPS) is 44.2. The zero-order valence-electron chi connectivity index (χ0n) is 29.2. The lowest BCUT2D eigenvalue weighted by Crippen LogP contribution is -2.54. The Kier molecular flexibility index (Phi) is 7.57. The molecule has 11 rings (SSSR count).